The van der Waals surface area contributed by atoms with E-state index in [9.17, 15) is 0 Å². The molecule has 0 spiro atoms. The Morgan fingerprint density at radius 3 is 2.94 bits per heavy atom. The number of likely N-dealkylation sites (tertiary alicyclic amines) is 1. The first-order valence-corrected chi connectivity index (χ1v) is 6.65. The van der Waals surface area contributed by atoms with Crippen molar-refractivity contribution in [3.05, 3.63) is 30.1 Å². The summed E-state index contributed by atoms with van der Waals surface area (Å²) in [6.45, 7) is 4.07. The van der Waals surface area contributed by atoms with Gasteiger partial charge in [0.2, 0.25) is 0 Å². The molecule has 0 aromatic carbocycles. The lowest BCUT2D eigenvalue weighted by Gasteiger charge is -2.39. The zero-order valence-electron chi connectivity index (χ0n) is 11.2. The monoisotopic (exact) mass is 249 g/mol. The van der Waals surface area contributed by atoms with E-state index in [2.05, 4.69) is 22.9 Å². The van der Waals surface area contributed by atoms with Gasteiger partial charge >= 0.3 is 0 Å². The van der Waals surface area contributed by atoms with Gasteiger partial charge in [-0.1, -0.05) is 6.07 Å². The lowest BCUT2D eigenvalue weighted by molar-refractivity contribution is 0.00953. The molecule has 4 nitrogen and oxygen atoms in total. The third-order valence-electron chi connectivity index (χ3n) is 3.63. The molecule has 1 aromatic heterocycles. The summed E-state index contributed by atoms with van der Waals surface area (Å²) < 4.78 is 5.48. The van der Waals surface area contributed by atoms with E-state index in [1.165, 1.54) is 0 Å². The Kier molecular flexibility index (Phi) is 4.69. The van der Waals surface area contributed by atoms with Crippen LogP contribution in [0.25, 0.3) is 0 Å². The second kappa shape index (κ2) is 6.27. The van der Waals surface area contributed by atoms with Crippen LogP contribution in [0.5, 0.6) is 0 Å². The van der Waals surface area contributed by atoms with E-state index in [1.807, 2.05) is 18.3 Å². The fourth-order valence-corrected chi connectivity index (χ4v) is 2.75. The topological polar surface area (TPSA) is 51.4 Å². The van der Waals surface area contributed by atoms with E-state index >= 15 is 0 Å². The van der Waals surface area contributed by atoms with Crippen molar-refractivity contribution in [1.29, 1.82) is 0 Å². The molecule has 2 N–H and O–H groups in total. The van der Waals surface area contributed by atoms with Crippen LogP contribution in [0.15, 0.2) is 24.4 Å². The predicted molar refractivity (Wildman–Crippen MR) is 72.2 cm³/mol. The molecular formula is C14H23N3O. The zero-order chi connectivity index (χ0) is 13.0. The van der Waals surface area contributed by atoms with Gasteiger partial charge in [0.05, 0.1) is 17.8 Å². The first-order chi connectivity index (χ1) is 8.72. The van der Waals surface area contributed by atoms with Gasteiger partial charge in [-0.15, -0.1) is 0 Å². The number of hydrogen-bond donors (Lipinski definition) is 1. The van der Waals surface area contributed by atoms with Gasteiger partial charge in [0, 0.05) is 25.9 Å². The molecule has 0 bridgehead atoms. The number of nitrogens with two attached hydrogens (primary N) is 1. The number of hydrogen-bond acceptors (Lipinski definition) is 4. The molecule has 0 aliphatic carbocycles. The smallest absolute Gasteiger partial charge is 0.0698 e. The van der Waals surface area contributed by atoms with Crippen molar-refractivity contribution in [1.82, 2.24) is 9.88 Å². The van der Waals surface area contributed by atoms with Crippen LogP contribution in [0.3, 0.4) is 0 Å². The first kappa shape index (κ1) is 13.5. The van der Waals surface area contributed by atoms with Crippen LogP contribution in [0.1, 0.15) is 31.5 Å². The van der Waals surface area contributed by atoms with Crippen LogP contribution in [0.2, 0.25) is 0 Å². The fourth-order valence-electron chi connectivity index (χ4n) is 2.75. The van der Waals surface area contributed by atoms with Gasteiger partial charge in [0.15, 0.2) is 0 Å². The van der Waals surface area contributed by atoms with Gasteiger partial charge in [-0.2, -0.15) is 0 Å². The molecule has 2 rings (SSSR count). The number of aromatic nitrogens is 1. The Balaban J connectivity index is 2.15. The average molecular weight is 249 g/mol. The highest BCUT2D eigenvalue weighted by Gasteiger charge is 2.29. The third kappa shape index (κ3) is 3.07. The highest BCUT2D eigenvalue weighted by molar-refractivity contribution is 5.11. The van der Waals surface area contributed by atoms with Crippen molar-refractivity contribution in [2.24, 2.45) is 5.73 Å². The Morgan fingerprint density at radius 2 is 2.33 bits per heavy atom. The molecule has 0 radical (unpaired) electrons. The maximum atomic E-state index is 6.16. The van der Waals surface area contributed by atoms with Crippen molar-refractivity contribution >= 4 is 0 Å². The van der Waals surface area contributed by atoms with Crippen LogP contribution in [-0.4, -0.2) is 42.2 Å². The normalized spacial score (nSPS) is 24.7. The van der Waals surface area contributed by atoms with Crippen LogP contribution in [0.4, 0.5) is 0 Å². The summed E-state index contributed by atoms with van der Waals surface area (Å²) in [6, 6.07) is 6.27. The molecule has 2 heterocycles. The lowest BCUT2D eigenvalue weighted by Crippen LogP contribution is -2.47. The largest absolute Gasteiger partial charge is 0.380 e. The minimum Gasteiger partial charge on any atom is -0.380 e. The summed E-state index contributed by atoms with van der Waals surface area (Å²) in [5, 5.41) is 0. The second-order valence-corrected chi connectivity index (χ2v) is 5.05. The maximum absolute atomic E-state index is 6.16. The molecular weight excluding hydrogens is 226 g/mol. The first-order valence-electron chi connectivity index (χ1n) is 6.65. The van der Waals surface area contributed by atoms with Crippen molar-refractivity contribution in [2.45, 2.75) is 38.0 Å². The molecule has 100 valence electrons. The third-order valence-corrected chi connectivity index (χ3v) is 3.63. The highest BCUT2D eigenvalue weighted by atomic mass is 16.5. The summed E-state index contributed by atoms with van der Waals surface area (Å²) in [7, 11) is 1.79. The minimum absolute atomic E-state index is 0.0653. The second-order valence-electron chi connectivity index (χ2n) is 5.05. The predicted octanol–water partition coefficient (Wildman–Crippen LogP) is 1.58. The number of rotatable bonds is 4. The zero-order valence-corrected chi connectivity index (χ0v) is 11.2. The standard InChI is InChI=1S/C14H23N3O/c1-11(15)14(13-7-3-4-8-16-13)17-9-5-6-12(10-17)18-2/h3-4,7-8,11-12,14H,5-6,9-10,15H2,1-2H3. The lowest BCUT2D eigenvalue weighted by atomic mass is 9.99. The van der Waals surface area contributed by atoms with Crippen LogP contribution >= 0.6 is 0 Å². The van der Waals surface area contributed by atoms with E-state index in [0.29, 0.717) is 6.10 Å². The van der Waals surface area contributed by atoms with Crippen LogP contribution < -0.4 is 5.73 Å². The Morgan fingerprint density at radius 1 is 1.50 bits per heavy atom. The molecule has 1 aliphatic rings. The fraction of sp³-hybridized carbons (Fsp3) is 0.643. The van der Waals surface area contributed by atoms with E-state index in [-0.39, 0.29) is 12.1 Å². The number of piperidine rings is 1. The molecule has 1 aromatic rings. The van der Waals surface area contributed by atoms with E-state index in [0.717, 1.165) is 31.6 Å². The van der Waals surface area contributed by atoms with Gasteiger partial charge in [-0.25, -0.2) is 0 Å². The SMILES string of the molecule is COC1CCCN(C(c2ccccn2)C(C)N)C1. The molecule has 1 fully saturated rings. The molecule has 18 heavy (non-hydrogen) atoms. The van der Waals surface area contributed by atoms with Crippen molar-refractivity contribution in [3.63, 3.8) is 0 Å². The van der Waals surface area contributed by atoms with Gasteiger partial charge < -0.3 is 10.5 Å². The maximum Gasteiger partial charge on any atom is 0.0698 e. The Hall–Kier alpha value is -0.970. The van der Waals surface area contributed by atoms with Crippen LogP contribution in [0, 0.1) is 0 Å². The van der Waals surface area contributed by atoms with E-state index < -0.39 is 0 Å². The van der Waals surface area contributed by atoms with E-state index in [1.54, 1.807) is 7.11 Å². The minimum atomic E-state index is 0.0653. The van der Waals surface area contributed by atoms with Crippen molar-refractivity contribution in [2.75, 3.05) is 20.2 Å². The number of nitrogens with zero attached hydrogens (tertiary/aromatic N) is 2. The van der Waals surface area contributed by atoms with Gasteiger partial charge in [0.1, 0.15) is 0 Å². The number of ether oxygens (including phenoxy) is 1. The average Bonchev–Trinajstić information content (AvgIpc) is 2.40. The summed E-state index contributed by atoms with van der Waals surface area (Å²) >= 11 is 0. The molecule has 1 aliphatic heterocycles. The van der Waals surface area contributed by atoms with Gasteiger partial charge in [0.25, 0.3) is 0 Å². The van der Waals surface area contributed by atoms with Gasteiger partial charge in [-0.3, -0.25) is 9.88 Å². The van der Waals surface area contributed by atoms with E-state index in [4.69, 9.17) is 10.5 Å². The van der Waals surface area contributed by atoms with Crippen molar-refractivity contribution in [3.8, 4) is 0 Å². The quantitative estimate of drug-likeness (QED) is 0.880. The summed E-state index contributed by atoms with van der Waals surface area (Å²) in [5.41, 5.74) is 7.22. The number of pyridine rings is 1. The Bertz CT molecular complexity index is 355. The Labute approximate surface area is 109 Å². The molecule has 4 heteroatoms. The number of methoxy groups -OCH3 is 1. The molecule has 0 amide bonds. The summed E-state index contributed by atoms with van der Waals surface area (Å²) in [5.74, 6) is 0. The molecule has 3 atom stereocenters. The van der Waals surface area contributed by atoms with Gasteiger partial charge in [-0.05, 0) is 38.4 Å². The van der Waals surface area contributed by atoms with Crippen molar-refractivity contribution < 1.29 is 4.74 Å². The highest BCUT2D eigenvalue weighted by Crippen LogP contribution is 2.26. The molecule has 1 saturated heterocycles. The molecule has 0 saturated carbocycles. The summed E-state index contributed by atoms with van der Waals surface area (Å²) in [6.07, 6.45) is 4.46. The molecule has 3 unspecified atom stereocenters. The summed E-state index contributed by atoms with van der Waals surface area (Å²) in [4.78, 5) is 6.87. The van der Waals surface area contributed by atoms with Crippen LogP contribution in [-0.2, 0) is 4.74 Å².